The van der Waals surface area contributed by atoms with Gasteiger partial charge in [-0.2, -0.15) is 0 Å². The Kier molecular flexibility index (Phi) is 13.5. The molecule has 12 heavy (non-hydrogen) atoms. The fraction of sp³-hybridized carbons (Fsp3) is 1.00. The molecule has 0 atom stereocenters. The second kappa shape index (κ2) is 10.3. The summed E-state index contributed by atoms with van der Waals surface area (Å²) < 4.78 is 0. The van der Waals surface area contributed by atoms with Crippen LogP contribution in [-0.2, 0) is 17.0 Å². The van der Waals surface area contributed by atoms with Gasteiger partial charge >= 0.3 is 35.6 Å². The Labute approximate surface area is 93.5 Å². The SMILES string of the molecule is CCN(C(C)C)C(C)C.[Cl][Ti][Cl]. The zero-order chi connectivity index (χ0) is 10.1. The summed E-state index contributed by atoms with van der Waals surface area (Å²) in [5.41, 5.74) is 0. The summed E-state index contributed by atoms with van der Waals surface area (Å²) in [6.45, 7) is 12.3. The van der Waals surface area contributed by atoms with E-state index >= 15 is 0 Å². The Morgan fingerprint density at radius 1 is 1.08 bits per heavy atom. The summed E-state index contributed by atoms with van der Waals surface area (Å²) in [6.07, 6.45) is 0. The third-order valence-electron chi connectivity index (χ3n) is 1.69. The van der Waals surface area contributed by atoms with Crippen molar-refractivity contribution in [1.29, 1.82) is 0 Å². The average Bonchev–Trinajstić information content (AvgIpc) is 1.88. The molecular formula is C8H19Cl2NTi. The van der Waals surface area contributed by atoms with Crippen molar-refractivity contribution in [2.75, 3.05) is 6.54 Å². The maximum atomic E-state index is 4.89. The maximum absolute atomic E-state index is 4.89. The Morgan fingerprint density at radius 3 is 1.33 bits per heavy atom. The molecule has 0 radical (unpaired) electrons. The van der Waals surface area contributed by atoms with Crippen molar-refractivity contribution in [3.63, 3.8) is 0 Å². The quantitative estimate of drug-likeness (QED) is 0.691. The van der Waals surface area contributed by atoms with Gasteiger partial charge in [0.15, 0.2) is 0 Å². The predicted molar refractivity (Wildman–Crippen MR) is 54.4 cm³/mol. The first kappa shape index (κ1) is 15.7. The zero-order valence-electron chi connectivity index (χ0n) is 8.56. The Bertz CT molecular complexity index is 81.1. The van der Waals surface area contributed by atoms with Gasteiger partial charge in [-0.25, -0.2) is 0 Å². The second-order valence-corrected chi connectivity index (χ2v) is 5.67. The van der Waals surface area contributed by atoms with E-state index in [2.05, 4.69) is 39.5 Å². The summed E-state index contributed by atoms with van der Waals surface area (Å²) in [7, 11) is 9.78. The molecule has 0 aromatic heterocycles. The number of rotatable bonds is 3. The van der Waals surface area contributed by atoms with Crippen molar-refractivity contribution >= 4 is 18.6 Å². The van der Waals surface area contributed by atoms with Gasteiger partial charge in [0, 0.05) is 12.1 Å². The molecule has 1 nitrogen and oxygen atoms in total. The molecule has 0 aromatic rings. The van der Waals surface area contributed by atoms with E-state index in [-0.39, 0.29) is 0 Å². The number of hydrogen-bond donors (Lipinski definition) is 0. The van der Waals surface area contributed by atoms with Crippen LogP contribution in [0.4, 0.5) is 0 Å². The van der Waals surface area contributed by atoms with Crippen LogP contribution in [-0.4, -0.2) is 23.5 Å². The van der Waals surface area contributed by atoms with Gasteiger partial charge < -0.3 is 0 Å². The number of nitrogens with zero attached hydrogens (tertiary/aromatic N) is 1. The molecule has 4 heteroatoms. The van der Waals surface area contributed by atoms with Gasteiger partial charge in [0.1, 0.15) is 0 Å². The first-order valence-corrected chi connectivity index (χ1v) is 8.52. The molecule has 0 amide bonds. The van der Waals surface area contributed by atoms with E-state index in [4.69, 9.17) is 18.6 Å². The Morgan fingerprint density at radius 2 is 1.33 bits per heavy atom. The van der Waals surface area contributed by atoms with Crippen molar-refractivity contribution in [3.8, 4) is 0 Å². The van der Waals surface area contributed by atoms with E-state index < -0.39 is 17.0 Å². The summed E-state index contributed by atoms with van der Waals surface area (Å²) in [6, 6.07) is 1.38. The van der Waals surface area contributed by atoms with Crippen LogP contribution in [0.5, 0.6) is 0 Å². The van der Waals surface area contributed by atoms with E-state index in [9.17, 15) is 0 Å². The third-order valence-corrected chi connectivity index (χ3v) is 1.69. The second-order valence-electron chi connectivity index (χ2n) is 3.09. The summed E-state index contributed by atoms with van der Waals surface area (Å²) in [5.74, 6) is 0. The van der Waals surface area contributed by atoms with E-state index in [1.165, 1.54) is 0 Å². The minimum atomic E-state index is -0.556. The fourth-order valence-corrected chi connectivity index (χ4v) is 1.33. The molecule has 0 saturated carbocycles. The molecule has 0 heterocycles. The summed E-state index contributed by atoms with van der Waals surface area (Å²) in [5, 5.41) is 0. The Hall–Kier alpha value is 1.25. The zero-order valence-corrected chi connectivity index (χ0v) is 11.6. The molecule has 0 aliphatic rings. The molecule has 0 aliphatic carbocycles. The monoisotopic (exact) mass is 247 g/mol. The molecule has 0 rings (SSSR count). The van der Waals surface area contributed by atoms with Gasteiger partial charge in [-0.3, -0.25) is 4.90 Å². The summed E-state index contributed by atoms with van der Waals surface area (Å²) >= 11 is -0.556. The van der Waals surface area contributed by atoms with Crippen LogP contribution in [0, 0.1) is 0 Å². The Balaban J connectivity index is 0. The van der Waals surface area contributed by atoms with Gasteiger partial charge in [0.05, 0.1) is 0 Å². The molecule has 0 aliphatic heterocycles. The van der Waals surface area contributed by atoms with Gasteiger partial charge in [-0.15, -0.1) is 0 Å². The van der Waals surface area contributed by atoms with Crippen LogP contribution in [0.25, 0.3) is 0 Å². The van der Waals surface area contributed by atoms with Gasteiger partial charge in [0.2, 0.25) is 0 Å². The van der Waals surface area contributed by atoms with Crippen molar-refractivity contribution in [3.05, 3.63) is 0 Å². The first-order valence-electron chi connectivity index (χ1n) is 4.23. The molecular weight excluding hydrogens is 229 g/mol. The standard InChI is InChI=1S/C8H19N.2ClH.Ti/c1-6-9(7(2)3)8(4)5;;;/h7-8H,6H2,1-5H3;2*1H;/q;;;+2/p-2. The summed E-state index contributed by atoms with van der Waals surface area (Å²) in [4.78, 5) is 2.46. The van der Waals surface area contributed by atoms with E-state index in [1.54, 1.807) is 0 Å². The van der Waals surface area contributed by atoms with Gasteiger partial charge in [-0.1, -0.05) is 6.92 Å². The molecule has 0 saturated heterocycles. The molecule has 0 N–H and O–H groups in total. The molecule has 0 fully saturated rings. The third kappa shape index (κ3) is 9.34. The molecule has 74 valence electrons. The van der Waals surface area contributed by atoms with Gasteiger partial charge in [0.25, 0.3) is 0 Å². The van der Waals surface area contributed by atoms with E-state index in [0.29, 0.717) is 12.1 Å². The van der Waals surface area contributed by atoms with Crippen LogP contribution in [0.3, 0.4) is 0 Å². The molecule has 0 bridgehead atoms. The van der Waals surface area contributed by atoms with Crippen molar-refractivity contribution < 1.29 is 17.0 Å². The van der Waals surface area contributed by atoms with Gasteiger partial charge in [-0.05, 0) is 34.2 Å². The fourth-order valence-electron chi connectivity index (χ4n) is 1.33. The van der Waals surface area contributed by atoms with E-state index in [0.717, 1.165) is 6.54 Å². The van der Waals surface area contributed by atoms with Crippen molar-refractivity contribution in [2.45, 2.75) is 46.7 Å². The van der Waals surface area contributed by atoms with Crippen LogP contribution in [0.15, 0.2) is 0 Å². The molecule has 0 unspecified atom stereocenters. The van der Waals surface area contributed by atoms with Crippen molar-refractivity contribution in [1.82, 2.24) is 4.90 Å². The average molecular weight is 248 g/mol. The first-order chi connectivity index (χ1) is 5.51. The topological polar surface area (TPSA) is 3.24 Å². The van der Waals surface area contributed by atoms with E-state index in [1.807, 2.05) is 0 Å². The minimum absolute atomic E-state index is 0.556. The molecule has 0 aromatic carbocycles. The van der Waals surface area contributed by atoms with Crippen LogP contribution >= 0.6 is 18.6 Å². The van der Waals surface area contributed by atoms with Crippen molar-refractivity contribution in [2.24, 2.45) is 0 Å². The van der Waals surface area contributed by atoms with Crippen LogP contribution in [0.2, 0.25) is 0 Å². The number of hydrogen-bond acceptors (Lipinski definition) is 1. The molecule has 0 spiro atoms. The predicted octanol–water partition coefficient (Wildman–Crippen LogP) is 3.50. The van der Waals surface area contributed by atoms with Crippen LogP contribution in [0.1, 0.15) is 34.6 Å². The van der Waals surface area contributed by atoms with Crippen LogP contribution < -0.4 is 0 Å². The normalized spacial score (nSPS) is 10.2. The number of halogens is 2.